The van der Waals surface area contributed by atoms with Crippen molar-refractivity contribution in [1.29, 1.82) is 0 Å². The molecule has 1 aliphatic carbocycles. The molecular formula is C17H22N2O7. The third-order valence-corrected chi connectivity index (χ3v) is 4.40. The predicted octanol–water partition coefficient (Wildman–Crippen LogP) is 2.13. The van der Waals surface area contributed by atoms with E-state index in [0.717, 1.165) is 19.3 Å². The van der Waals surface area contributed by atoms with Gasteiger partial charge in [0.1, 0.15) is 5.75 Å². The van der Waals surface area contributed by atoms with Gasteiger partial charge < -0.3 is 19.9 Å². The van der Waals surface area contributed by atoms with E-state index in [9.17, 15) is 24.8 Å². The number of hydrogen-bond acceptors (Lipinski definition) is 6. The lowest BCUT2D eigenvalue weighted by atomic mass is 9.95. The van der Waals surface area contributed by atoms with Crippen molar-refractivity contribution in [3.63, 3.8) is 0 Å². The highest BCUT2D eigenvalue weighted by atomic mass is 16.6. The minimum Gasteiger partial charge on any atom is -0.490 e. The van der Waals surface area contributed by atoms with E-state index in [1.165, 1.54) is 25.3 Å². The SMILES string of the molecule is COc1cc(OCC(=O)N[C@H]2CCCCC[C@H]2C(=O)O)ccc1[N+](=O)[O-]. The van der Waals surface area contributed by atoms with Crippen molar-refractivity contribution in [3.05, 3.63) is 28.3 Å². The number of hydrogen-bond donors (Lipinski definition) is 2. The number of methoxy groups -OCH3 is 1. The van der Waals surface area contributed by atoms with Crippen LogP contribution in [0.5, 0.6) is 11.5 Å². The summed E-state index contributed by atoms with van der Waals surface area (Å²) < 4.78 is 10.3. The molecule has 1 aromatic rings. The number of aliphatic carboxylic acids is 1. The van der Waals surface area contributed by atoms with Gasteiger partial charge in [-0.2, -0.15) is 0 Å². The van der Waals surface area contributed by atoms with E-state index in [1.807, 2.05) is 0 Å². The lowest BCUT2D eigenvalue weighted by molar-refractivity contribution is -0.385. The quantitative estimate of drug-likeness (QED) is 0.430. The fraction of sp³-hybridized carbons (Fsp3) is 0.529. The van der Waals surface area contributed by atoms with Gasteiger partial charge in [-0.1, -0.05) is 19.3 Å². The van der Waals surface area contributed by atoms with Crippen molar-refractivity contribution in [3.8, 4) is 11.5 Å². The van der Waals surface area contributed by atoms with Gasteiger partial charge in [-0.25, -0.2) is 0 Å². The van der Waals surface area contributed by atoms with Crippen LogP contribution in [-0.4, -0.2) is 41.7 Å². The molecule has 0 heterocycles. The monoisotopic (exact) mass is 366 g/mol. The molecule has 0 spiro atoms. The first kappa shape index (κ1) is 19.5. The van der Waals surface area contributed by atoms with Crippen molar-refractivity contribution in [2.45, 2.75) is 38.1 Å². The van der Waals surface area contributed by atoms with E-state index in [0.29, 0.717) is 12.8 Å². The highest BCUT2D eigenvalue weighted by Crippen LogP contribution is 2.30. The maximum Gasteiger partial charge on any atom is 0.311 e. The molecule has 1 amide bonds. The third-order valence-electron chi connectivity index (χ3n) is 4.40. The first-order chi connectivity index (χ1) is 12.4. The van der Waals surface area contributed by atoms with Crippen LogP contribution in [0.1, 0.15) is 32.1 Å². The Morgan fingerprint density at radius 3 is 2.69 bits per heavy atom. The summed E-state index contributed by atoms with van der Waals surface area (Å²) in [4.78, 5) is 33.8. The Labute approximate surface area is 150 Å². The molecule has 9 heteroatoms. The Bertz CT molecular complexity index is 677. The smallest absolute Gasteiger partial charge is 0.311 e. The normalized spacial score (nSPS) is 19.9. The van der Waals surface area contributed by atoms with Crippen LogP contribution in [0.3, 0.4) is 0 Å². The predicted molar refractivity (Wildman–Crippen MR) is 91.3 cm³/mol. The number of nitrogens with zero attached hydrogens (tertiary/aromatic N) is 1. The van der Waals surface area contributed by atoms with E-state index < -0.39 is 28.8 Å². The summed E-state index contributed by atoms with van der Waals surface area (Å²) in [6.07, 6.45) is 3.82. The zero-order valence-electron chi connectivity index (χ0n) is 14.5. The zero-order valence-corrected chi connectivity index (χ0v) is 14.5. The van der Waals surface area contributed by atoms with Crippen LogP contribution < -0.4 is 14.8 Å². The van der Waals surface area contributed by atoms with E-state index >= 15 is 0 Å². The Hall–Kier alpha value is -2.84. The summed E-state index contributed by atoms with van der Waals surface area (Å²) in [6, 6.07) is 3.52. The molecule has 1 fully saturated rings. The molecule has 26 heavy (non-hydrogen) atoms. The van der Waals surface area contributed by atoms with Crippen LogP contribution in [0.2, 0.25) is 0 Å². The van der Waals surface area contributed by atoms with Gasteiger partial charge >= 0.3 is 11.7 Å². The van der Waals surface area contributed by atoms with Crippen molar-refractivity contribution in [2.75, 3.05) is 13.7 Å². The molecule has 0 aromatic heterocycles. The molecule has 0 saturated heterocycles. The molecule has 0 aliphatic heterocycles. The number of carboxylic acids is 1. The number of carbonyl (C=O) groups is 2. The van der Waals surface area contributed by atoms with E-state index in [1.54, 1.807) is 0 Å². The highest BCUT2D eigenvalue weighted by Gasteiger charge is 2.30. The Morgan fingerprint density at radius 2 is 2.04 bits per heavy atom. The molecular weight excluding hydrogens is 344 g/mol. The van der Waals surface area contributed by atoms with Gasteiger partial charge in [-0.3, -0.25) is 19.7 Å². The molecule has 2 rings (SSSR count). The summed E-state index contributed by atoms with van der Waals surface area (Å²) >= 11 is 0. The van der Waals surface area contributed by atoms with E-state index in [4.69, 9.17) is 9.47 Å². The van der Waals surface area contributed by atoms with E-state index in [2.05, 4.69) is 5.32 Å². The number of nitro benzene ring substituents is 1. The van der Waals surface area contributed by atoms with Gasteiger partial charge in [0.05, 0.1) is 18.0 Å². The molecule has 2 N–H and O–H groups in total. The molecule has 0 radical (unpaired) electrons. The van der Waals surface area contributed by atoms with Gasteiger partial charge in [-0.15, -0.1) is 0 Å². The maximum atomic E-state index is 12.1. The van der Waals surface area contributed by atoms with Crippen LogP contribution in [0.15, 0.2) is 18.2 Å². The van der Waals surface area contributed by atoms with Crippen LogP contribution in [0.25, 0.3) is 0 Å². The van der Waals surface area contributed by atoms with Crippen molar-refractivity contribution >= 4 is 17.6 Å². The second kappa shape index (κ2) is 9.02. The third kappa shape index (κ3) is 5.08. The highest BCUT2D eigenvalue weighted by molar-refractivity contribution is 5.79. The second-order valence-electron chi connectivity index (χ2n) is 6.14. The molecule has 1 aromatic carbocycles. The Kier molecular flexibility index (Phi) is 6.76. The lowest BCUT2D eigenvalue weighted by Gasteiger charge is -2.22. The zero-order chi connectivity index (χ0) is 19.1. The Morgan fingerprint density at radius 1 is 1.31 bits per heavy atom. The van der Waals surface area contributed by atoms with Crippen molar-refractivity contribution in [1.82, 2.24) is 5.32 Å². The Balaban J connectivity index is 1.95. The second-order valence-corrected chi connectivity index (χ2v) is 6.14. The average molecular weight is 366 g/mol. The number of nitrogens with one attached hydrogen (secondary N) is 1. The molecule has 9 nitrogen and oxygen atoms in total. The van der Waals surface area contributed by atoms with E-state index in [-0.39, 0.29) is 23.8 Å². The lowest BCUT2D eigenvalue weighted by Crippen LogP contribution is -2.44. The van der Waals surface area contributed by atoms with Gasteiger partial charge in [0, 0.05) is 18.2 Å². The number of amides is 1. The summed E-state index contributed by atoms with van der Waals surface area (Å²) in [6.45, 7) is -0.316. The van der Waals surface area contributed by atoms with Gasteiger partial charge in [-0.05, 0) is 18.9 Å². The van der Waals surface area contributed by atoms with Crippen LogP contribution in [-0.2, 0) is 9.59 Å². The number of rotatable bonds is 7. The van der Waals surface area contributed by atoms with Crippen LogP contribution in [0, 0.1) is 16.0 Å². The molecule has 142 valence electrons. The number of carbonyl (C=O) groups excluding carboxylic acids is 1. The van der Waals surface area contributed by atoms with Crippen molar-refractivity contribution in [2.24, 2.45) is 5.92 Å². The summed E-state index contributed by atoms with van der Waals surface area (Å²) in [5.74, 6) is -1.65. The fourth-order valence-corrected chi connectivity index (χ4v) is 3.07. The van der Waals surface area contributed by atoms with Gasteiger partial charge in [0.25, 0.3) is 5.91 Å². The van der Waals surface area contributed by atoms with Crippen LogP contribution in [0.4, 0.5) is 5.69 Å². The molecule has 2 atom stereocenters. The number of ether oxygens (including phenoxy) is 2. The minimum atomic E-state index is -0.904. The largest absolute Gasteiger partial charge is 0.490 e. The minimum absolute atomic E-state index is 0.0302. The maximum absolute atomic E-state index is 12.1. The topological polar surface area (TPSA) is 128 Å². The molecule has 1 saturated carbocycles. The number of carboxylic acid groups (broad SMARTS) is 1. The van der Waals surface area contributed by atoms with Gasteiger partial charge in [0.15, 0.2) is 6.61 Å². The summed E-state index contributed by atoms with van der Waals surface area (Å²) in [7, 11) is 1.30. The standard InChI is InChI=1S/C17H22N2O7/c1-25-15-9-11(7-8-14(15)19(23)24)26-10-16(20)18-13-6-4-2-3-5-12(13)17(21)22/h7-9,12-13H,2-6,10H2,1H3,(H,18,20)(H,21,22)/t12-,13+/m1/s1. The van der Waals surface area contributed by atoms with Crippen molar-refractivity contribution < 1.29 is 29.1 Å². The molecule has 0 unspecified atom stereocenters. The molecule has 1 aliphatic rings. The fourth-order valence-electron chi connectivity index (χ4n) is 3.07. The first-order valence-corrected chi connectivity index (χ1v) is 8.39. The van der Waals surface area contributed by atoms with Crippen LogP contribution >= 0.6 is 0 Å². The number of benzene rings is 1. The summed E-state index contributed by atoms with van der Waals surface area (Å²) in [5, 5.41) is 22.9. The number of nitro groups is 1. The van der Waals surface area contributed by atoms with Gasteiger partial charge in [0.2, 0.25) is 5.75 Å². The first-order valence-electron chi connectivity index (χ1n) is 8.39. The average Bonchev–Trinajstić information content (AvgIpc) is 2.85. The molecule has 0 bridgehead atoms. The summed E-state index contributed by atoms with van der Waals surface area (Å²) in [5.41, 5.74) is -0.202.